The Morgan fingerprint density at radius 3 is 2.42 bits per heavy atom. The fourth-order valence-corrected chi connectivity index (χ4v) is 1.32. The number of ether oxygens (including phenoxy) is 1. The third-order valence-electron chi connectivity index (χ3n) is 2.19. The van der Waals surface area contributed by atoms with Crippen LogP contribution in [0, 0.1) is 0 Å². The van der Waals surface area contributed by atoms with Gasteiger partial charge in [0.15, 0.2) is 0 Å². The standard InChI is InChI=1S/C12H17N3O3.ClH/c1-7(13)12(17)15-9-4-5-10(14-8(2)16)11(6-9)18-3;/h4-7H,13H2,1-3H3,(H,14,16)(H,15,17);1H/t7-;/m1./s1. The monoisotopic (exact) mass is 287 g/mol. The van der Waals surface area contributed by atoms with Crippen molar-refractivity contribution in [2.75, 3.05) is 17.7 Å². The molecule has 0 radical (unpaired) electrons. The van der Waals surface area contributed by atoms with Crippen molar-refractivity contribution in [3.05, 3.63) is 18.2 Å². The van der Waals surface area contributed by atoms with Gasteiger partial charge in [0, 0.05) is 18.7 Å². The number of carbonyl (C=O) groups excluding carboxylic acids is 2. The van der Waals surface area contributed by atoms with Gasteiger partial charge in [0.25, 0.3) is 0 Å². The molecule has 0 fully saturated rings. The van der Waals surface area contributed by atoms with Crippen molar-refractivity contribution in [1.82, 2.24) is 0 Å². The Morgan fingerprint density at radius 2 is 1.95 bits per heavy atom. The highest BCUT2D eigenvalue weighted by molar-refractivity contribution is 5.96. The number of rotatable bonds is 4. The quantitative estimate of drug-likeness (QED) is 0.779. The van der Waals surface area contributed by atoms with E-state index in [0.717, 1.165) is 0 Å². The molecule has 0 saturated heterocycles. The zero-order chi connectivity index (χ0) is 13.7. The second-order valence-electron chi connectivity index (χ2n) is 3.87. The van der Waals surface area contributed by atoms with Gasteiger partial charge in [-0.3, -0.25) is 9.59 Å². The summed E-state index contributed by atoms with van der Waals surface area (Å²) in [5, 5.41) is 5.27. The van der Waals surface area contributed by atoms with Gasteiger partial charge < -0.3 is 21.1 Å². The number of hydrogen-bond acceptors (Lipinski definition) is 4. The molecule has 19 heavy (non-hydrogen) atoms. The summed E-state index contributed by atoms with van der Waals surface area (Å²) in [7, 11) is 1.48. The van der Waals surface area contributed by atoms with Crippen molar-refractivity contribution < 1.29 is 14.3 Å². The van der Waals surface area contributed by atoms with Crippen molar-refractivity contribution in [3.63, 3.8) is 0 Å². The van der Waals surface area contributed by atoms with Crippen LogP contribution < -0.4 is 21.1 Å². The molecular weight excluding hydrogens is 270 g/mol. The van der Waals surface area contributed by atoms with E-state index >= 15 is 0 Å². The molecule has 0 aliphatic rings. The lowest BCUT2D eigenvalue weighted by Gasteiger charge is -2.12. The van der Waals surface area contributed by atoms with Crippen LogP contribution in [-0.4, -0.2) is 25.0 Å². The van der Waals surface area contributed by atoms with Gasteiger partial charge in [-0.15, -0.1) is 12.4 Å². The molecule has 0 aliphatic heterocycles. The van der Waals surface area contributed by atoms with Gasteiger partial charge in [-0.1, -0.05) is 0 Å². The molecule has 0 heterocycles. The number of nitrogens with two attached hydrogens (primary N) is 1. The molecule has 4 N–H and O–H groups in total. The lowest BCUT2D eigenvalue weighted by molar-refractivity contribution is -0.117. The number of methoxy groups -OCH3 is 1. The normalized spacial score (nSPS) is 10.9. The number of nitrogens with one attached hydrogen (secondary N) is 2. The van der Waals surface area contributed by atoms with Crippen LogP contribution in [0.1, 0.15) is 13.8 Å². The maximum absolute atomic E-state index is 11.4. The van der Waals surface area contributed by atoms with Crippen LogP contribution in [0.2, 0.25) is 0 Å². The molecule has 106 valence electrons. The van der Waals surface area contributed by atoms with Crippen molar-refractivity contribution >= 4 is 35.6 Å². The molecule has 0 spiro atoms. The topological polar surface area (TPSA) is 93.4 Å². The SMILES string of the molecule is COc1cc(NC(=O)[C@@H](C)N)ccc1NC(C)=O.Cl. The van der Waals surface area contributed by atoms with Gasteiger partial charge in [0.2, 0.25) is 11.8 Å². The highest BCUT2D eigenvalue weighted by Crippen LogP contribution is 2.27. The smallest absolute Gasteiger partial charge is 0.241 e. The molecule has 0 aliphatic carbocycles. The highest BCUT2D eigenvalue weighted by Gasteiger charge is 2.10. The first-order valence-electron chi connectivity index (χ1n) is 5.46. The van der Waals surface area contributed by atoms with Gasteiger partial charge in [0.05, 0.1) is 18.8 Å². The van der Waals surface area contributed by atoms with Crippen molar-refractivity contribution in [2.45, 2.75) is 19.9 Å². The van der Waals surface area contributed by atoms with E-state index in [-0.39, 0.29) is 24.2 Å². The van der Waals surface area contributed by atoms with Crippen LogP contribution in [0.15, 0.2) is 18.2 Å². The molecule has 0 unspecified atom stereocenters. The molecule has 0 saturated carbocycles. The summed E-state index contributed by atoms with van der Waals surface area (Å²) < 4.78 is 5.13. The third kappa shape index (κ3) is 5.15. The average molecular weight is 288 g/mol. The van der Waals surface area contributed by atoms with Crippen LogP contribution in [-0.2, 0) is 9.59 Å². The van der Waals surface area contributed by atoms with Crippen LogP contribution in [0.5, 0.6) is 5.75 Å². The third-order valence-corrected chi connectivity index (χ3v) is 2.19. The minimum Gasteiger partial charge on any atom is -0.494 e. The van der Waals surface area contributed by atoms with E-state index in [1.807, 2.05) is 0 Å². The number of amides is 2. The molecule has 1 aromatic rings. The summed E-state index contributed by atoms with van der Waals surface area (Å²) in [6, 6.07) is 4.34. The molecule has 1 atom stereocenters. The molecule has 0 bridgehead atoms. The molecule has 2 amide bonds. The Hall–Kier alpha value is -1.79. The summed E-state index contributed by atoms with van der Waals surface area (Å²) in [5.41, 5.74) is 6.55. The first-order valence-corrected chi connectivity index (χ1v) is 5.46. The minimum atomic E-state index is -0.592. The van der Waals surface area contributed by atoms with Crippen molar-refractivity contribution in [1.29, 1.82) is 0 Å². The van der Waals surface area contributed by atoms with Gasteiger partial charge in [0.1, 0.15) is 5.75 Å². The summed E-state index contributed by atoms with van der Waals surface area (Å²) in [5.74, 6) is -0.0160. The van der Waals surface area contributed by atoms with E-state index in [1.54, 1.807) is 25.1 Å². The predicted octanol–water partition coefficient (Wildman–Crippen LogP) is 1.36. The van der Waals surface area contributed by atoms with E-state index in [2.05, 4.69) is 10.6 Å². The lowest BCUT2D eigenvalue weighted by atomic mass is 10.2. The predicted molar refractivity (Wildman–Crippen MR) is 76.8 cm³/mol. The lowest BCUT2D eigenvalue weighted by Crippen LogP contribution is -2.32. The van der Waals surface area contributed by atoms with Crippen LogP contribution in [0.4, 0.5) is 11.4 Å². The number of anilines is 2. The Labute approximate surface area is 118 Å². The van der Waals surface area contributed by atoms with Crippen molar-refractivity contribution in [2.24, 2.45) is 5.73 Å². The van der Waals surface area contributed by atoms with E-state index < -0.39 is 6.04 Å². The van der Waals surface area contributed by atoms with Gasteiger partial charge in [-0.2, -0.15) is 0 Å². The number of benzene rings is 1. The fraction of sp³-hybridized carbons (Fsp3) is 0.333. The number of halogens is 1. The van der Waals surface area contributed by atoms with E-state index in [4.69, 9.17) is 10.5 Å². The molecule has 0 aromatic heterocycles. The van der Waals surface area contributed by atoms with Crippen LogP contribution in [0.25, 0.3) is 0 Å². The second kappa shape index (κ2) is 7.60. The maximum Gasteiger partial charge on any atom is 0.241 e. The second-order valence-corrected chi connectivity index (χ2v) is 3.87. The number of hydrogen-bond donors (Lipinski definition) is 3. The minimum absolute atomic E-state index is 0. The number of carbonyl (C=O) groups is 2. The Morgan fingerprint density at radius 1 is 1.32 bits per heavy atom. The molecular formula is C12H18ClN3O3. The average Bonchev–Trinajstić information content (AvgIpc) is 2.30. The van der Waals surface area contributed by atoms with Gasteiger partial charge in [-0.05, 0) is 19.1 Å². The summed E-state index contributed by atoms with van der Waals surface area (Å²) in [6.07, 6.45) is 0. The summed E-state index contributed by atoms with van der Waals surface area (Å²) in [4.78, 5) is 22.4. The van der Waals surface area contributed by atoms with E-state index in [9.17, 15) is 9.59 Å². The Balaban J connectivity index is 0.00000324. The van der Waals surface area contributed by atoms with Gasteiger partial charge >= 0.3 is 0 Å². The zero-order valence-corrected chi connectivity index (χ0v) is 11.8. The highest BCUT2D eigenvalue weighted by atomic mass is 35.5. The maximum atomic E-state index is 11.4. The first kappa shape index (κ1) is 17.2. The van der Waals surface area contributed by atoms with Crippen molar-refractivity contribution in [3.8, 4) is 5.75 Å². The fourth-order valence-electron chi connectivity index (χ4n) is 1.32. The first-order chi connectivity index (χ1) is 8.43. The Bertz CT molecular complexity index is 464. The summed E-state index contributed by atoms with van der Waals surface area (Å²) in [6.45, 7) is 3.00. The molecule has 7 heteroatoms. The molecule has 1 rings (SSSR count). The van der Waals surface area contributed by atoms with Gasteiger partial charge in [-0.25, -0.2) is 0 Å². The Kier molecular flexibility index (Phi) is 6.89. The zero-order valence-electron chi connectivity index (χ0n) is 11.0. The van der Waals surface area contributed by atoms with Crippen LogP contribution in [0.3, 0.4) is 0 Å². The largest absolute Gasteiger partial charge is 0.494 e. The van der Waals surface area contributed by atoms with E-state index in [0.29, 0.717) is 17.1 Å². The molecule has 1 aromatic carbocycles. The van der Waals surface area contributed by atoms with Crippen LogP contribution >= 0.6 is 12.4 Å². The molecule has 6 nitrogen and oxygen atoms in total. The summed E-state index contributed by atoms with van der Waals surface area (Å²) >= 11 is 0. The van der Waals surface area contributed by atoms with E-state index in [1.165, 1.54) is 14.0 Å².